The average molecular weight is 249 g/mol. The van der Waals surface area contributed by atoms with Crippen LogP contribution in [0.5, 0.6) is 0 Å². The van der Waals surface area contributed by atoms with Gasteiger partial charge in [-0.1, -0.05) is 6.07 Å². The second-order valence-electron chi connectivity index (χ2n) is 3.64. The molecule has 1 amide bonds. The molecule has 7 heteroatoms. The van der Waals surface area contributed by atoms with E-state index in [1.165, 1.54) is 0 Å². The van der Waals surface area contributed by atoms with E-state index in [1.807, 2.05) is 6.92 Å². The second kappa shape index (κ2) is 4.10. The first-order valence-electron chi connectivity index (χ1n) is 4.90. The molecule has 0 fully saturated rings. The molecular formula is C10H11N5OS. The first-order valence-corrected chi connectivity index (χ1v) is 5.30. The molecule has 2 aromatic rings. The minimum atomic E-state index is -0.567. The molecule has 0 saturated heterocycles. The Labute approximate surface area is 102 Å². The quantitative estimate of drug-likeness (QED) is 0.775. The topological polar surface area (TPSA) is 89.6 Å². The molecule has 0 atom stereocenters. The van der Waals surface area contributed by atoms with Crippen LogP contribution in [0.3, 0.4) is 0 Å². The Hall–Kier alpha value is -2.02. The highest BCUT2D eigenvalue weighted by molar-refractivity contribution is 7.71. The molecule has 3 N–H and O–H groups in total. The molecule has 2 heterocycles. The van der Waals surface area contributed by atoms with Gasteiger partial charge in [0.05, 0.1) is 0 Å². The highest BCUT2D eigenvalue weighted by Gasteiger charge is 2.13. The lowest BCUT2D eigenvalue weighted by Gasteiger charge is -2.05. The lowest BCUT2D eigenvalue weighted by atomic mass is 10.2. The summed E-state index contributed by atoms with van der Waals surface area (Å²) in [5.74, 6) is 0.0126. The van der Waals surface area contributed by atoms with Crippen LogP contribution < -0.4 is 5.73 Å². The van der Waals surface area contributed by atoms with Crippen LogP contribution >= 0.6 is 12.2 Å². The molecular weight excluding hydrogens is 238 g/mol. The summed E-state index contributed by atoms with van der Waals surface area (Å²) in [6, 6.07) is 3.36. The predicted octanol–water partition coefficient (Wildman–Crippen LogP) is 0.947. The van der Waals surface area contributed by atoms with Gasteiger partial charge in [0.15, 0.2) is 10.6 Å². The van der Waals surface area contributed by atoms with Crippen molar-refractivity contribution in [2.24, 2.45) is 12.8 Å². The molecule has 88 valence electrons. The zero-order valence-electron chi connectivity index (χ0n) is 9.39. The fraction of sp³-hybridized carbons (Fsp3) is 0.200. The van der Waals surface area contributed by atoms with Crippen LogP contribution in [0.1, 0.15) is 16.1 Å². The summed E-state index contributed by atoms with van der Waals surface area (Å²) in [6.45, 7) is 1.88. The summed E-state index contributed by atoms with van der Waals surface area (Å²) in [6.07, 6.45) is 0. The summed E-state index contributed by atoms with van der Waals surface area (Å²) >= 11 is 5.03. The van der Waals surface area contributed by atoms with Crippen molar-refractivity contribution in [1.29, 1.82) is 0 Å². The smallest absolute Gasteiger partial charge is 0.267 e. The van der Waals surface area contributed by atoms with Gasteiger partial charge in [0.25, 0.3) is 5.91 Å². The molecule has 2 rings (SSSR count). The number of aromatic nitrogens is 4. The summed E-state index contributed by atoms with van der Waals surface area (Å²) in [5.41, 5.74) is 6.89. The van der Waals surface area contributed by atoms with Crippen molar-refractivity contribution < 1.29 is 4.79 Å². The monoisotopic (exact) mass is 249 g/mol. The van der Waals surface area contributed by atoms with Crippen LogP contribution in [0.2, 0.25) is 0 Å². The van der Waals surface area contributed by atoms with Gasteiger partial charge in [-0.3, -0.25) is 9.89 Å². The van der Waals surface area contributed by atoms with Gasteiger partial charge >= 0.3 is 0 Å². The number of aryl methyl sites for hydroxylation is 1. The van der Waals surface area contributed by atoms with Gasteiger partial charge in [-0.15, -0.1) is 0 Å². The van der Waals surface area contributed by atoms with Crippen LogP contribution in [0, 0.1) is 11.7 Å². The molecule has 0 unspecified atom stereocenters. The lowest BCUT2D eigenvalue weighted by Crippen LogP contribution is -2.14. The first kappa shape index (κ1) is 11.5. The summed E-state index contributed by atoms with van der Waals surface area (Å²) < 4.78 is 2.18. The van der Waals surface area contributed by atoms with Gasteiger partial charge in [-0.2, -0.15) is 5.10 Å². The van der Waals surface area contributed by atoms with Gasteiger partial charge in [-0.25, -0.2) is 4.98 Å². The minimum absolute atomic E-state index is 0.208. The number of primary amides is 1. The van der Waals surface area contributed by atoms with E-state index in [4.69, 9.17) is 18.0 Å². The van der Waals surface area contributed by atoms with E-state index in [9.17, 15) is 4.79 Å². The largest absolute Gasteiger partial charge is 0.364 e. The predicted molar refractivity (Wildman–Crippen MR) is 64.9 cm³/mol. The van der Waals surface area contributed by atoms with E-state index in [2.05, 4.69) is 15.2 Å². The molecule has 0 aliphatic heterocycles. The van der Waals surface area contributed by atoms with E-state index in [0.29, 0.717) is 16.3 Å². The molecule has 0 aromatic carbocycles. The number of hydrogen-bond donors (Lipinski definition) is 2. The number of hydrogen-bond acceptors (Lipinski definition) is 4. The van der Waals surface area contributed by atoms with Crippen molar-refractivity contribution in [2.45, 2.75) is 6.92 Å². The third-order valence-corrected chi connectivity index (χ3v) is 2.81. The maximum Gasteiger partial charge on any atom is 0.267 e. The van der Waals surface area contributed by atoms with E-state index < -0.39 is 5.91 Å². The third-order valence-electron chi connectivity index (χ3n) is 2.44. The molecule has 2 aromatic heterocycles. The van der Waals surface area contributed by atoms with Crippen LogP contribution in [0.25, 0.3) is 11.5 Å². The maximum absolute atomic E-state index is 11.1. The zero-order chi connectivity index (χ0) is 12.6. The Kier molecular flexibility index (Phi) is 2.76. The van der Waals surface area contributed by atoms with Gasteiger partial charge in [0, 0.05) is 7.05 Å². The summed E-state index contributed by atoms with van der Waals surface area (Å²) in [5, 5.41) is 6.75. The van der Waals surface area contributed by atoms with E-state index in [-0.39, 0.29) is 5.69 Å². The van der Waals surface area contributed by atoms with Crippen LogP contribution in [-0.2, 0) is 7.05 Å². The molecule has 17 heavy (non-hydrogen) atoms. The first-order chi connectivity index (χ1) is 8.00. The van der Waals surface area contributed by atoms with E-state index in [1.54, 1.807) is 23.7 Å². The Bertz CT molecular complexity index is 642. The number of rotatable bonds is 2. The van der Waals surface area contributed by atoms with Gasteiger partial charge in [0.2, 0.25) is 0 Å². The number of nitrogens with zero attached hydrogens (tertiary/aromatic N) is 3. The van der Waals surface area contributed by atoms with Gasteiger partial charge in [-0.05, 0) is 30.8 Å². The minimum Gasteiger partial charge on any atom is -0.364 e. The van der Waals surface area contributed by atoms with Gasteiger partial charge in [0.1, 0.15) is 11.4 Å². The molecule has 0 saturated carbocycles. The number of amides is 1. The maximum atomic E-state index is 11.1. The number of H-pyrrole nitrogens is 1. The molecule has 0 aliphatic carbocycles. The highest BCUT2D eigenvalue weighted by Crippen LogP contribution is 2.18. The molecule has 0 radical (unpaired) electrons. The molecule has 0 spiro atoms. The van der Waals surface area contributed by atoms with Crippen molar-refractivity contribution >= 4 is 18.1 Å². The Morgan fingerprint density at radius 3 is 2.76 bits per heavy atom. The fourth-order valence-corrected chi connectivity index (χ4v) is 1.58. The van der Waals surface area contributed by atoms with Crippen LogP contribution in [0.15, 0.2) is 12.1 Å². The summed E-state index contributed by atoms with van der Waals surface area (Å²) in [7, 11) is 1.78. The van der Waals surface area contributed by atoms with Crippen molar-refractivity contribution in [1.82, 2.24) is 19.7 Å². The number of pyridine rings is 1. The molecule has 0 aliphatic rings. The summed E-state index contributed by atoms with van der Waals surface area (Å²) in [4.78, 5) is 15.3. The SMILES string of the molecule is Cc1ccc(C(N)=O)nc1-c1n[nH]c(=S)n1C. The average Bonchev–Trinajstić information content (AvgIpc) is 2.60. The van der Waals surface area contributed by atoms with E-state index >= 15 is 0 Å². The molecule has 6 nitrogen and oxygen atoms in total. The standard InChI is InChI=1S/C10H11N5OS/c1-5-3-4-6(8(11)16)12-7(5)9-13-14-10(17)15(9)2/h3-4H,1-2H3,(H2,11,16)(H,14,17). The fourth-order valence-electron chi connectivity index (χ4n) is 1.45. The van der Waals surface area contributed by atoms with Crippen LogP contribution in [0.4, 0.5) is 0 Å². The zero-order valence-corrected chi connectivity index (χ0v) is 10.2. The lowest BCUT2D eigenvalue weighted by molar-refractivity contribution is 0.0995. The van der Waals surface area contributed by atoms with Crippen molar-refractivity contribution in [3.05, 3.63) is 28.2 Å². The number of nitrogens with two attached hydrogens (primary N) is 1. The van der Waals surface area contributed by atoms with Crippen molar-refractivity contribution in [3.63, 3.8) is 0 Å². The normalized spacial score (nSPS) is 10.5. The van der Waals surface area contributed by atoms with Crippen LogP contribution in [-0.4, -0.2) is 25.7 Å². The highest BCUT2D eigenvalue weighted by atomic mass is 32.1. The molecule has 0 bridgehead atoms. The van der Waals surface area contributed by atoms with Crippen molar-refractivity contribution in [2.75, 3.05) is 0 Å². The number of carbonyl (C=O) groups excluding carboxylic acids is 1. The Morgan fingerprint density at radius 2 is 2.24 bits per heavy atom. The number of carbonyl (C=O) groups is 1. The van der Waals surface area contributed by atoms with Crippen molar-refractivity contribution in [3.8, 4) is 11.5 Å². The Balaban J connectivity index is 2.66. The number of aromatic amines is 1. The second-order valence-corrected chi connectivity index (χ2v) is 4.02. The third kappa shape index (κ3) is 1.96. The number of nitrogens with one attached hydrogen (secondary N) is 1. The Morgan fingerprint density at radius 1 is 1.53 bits per heavy atom. The van der Waals surface area contributed by atoms with E-state index in [0.717, 1.165) is 5.56 Å². The van der Waals surface area contributed by atoms with Gasteiger partial charge < -0.3 is 10.3 Å².